The molecule has 0 aromatic rings. The van der Waals surface area contributed by atoms with Gasteiger partial charge in [0.25, 0.3) is 0 Å². The fraction of sp³-hybridized carbons (Fsp3) is 0.250. The van der Waals surface area contributed by atoms with E-state index in [2.05, 4.69) is 6.58 Å². The smallest absolute Gasteiger partial charge is 0.128 e. The molecule has 0 spiro atoms. The molecule has 0 N–H and O–H groups in total. The van der Waals surface area contributed by atoms with Crippen LogP contribution in [-0.2, 0) is 0 Å². The number of allylic oxidation sites excluding steroid dienone is 5. The van der Waals surface area contributed by atoms with Gasteiger partial charge in [-0.15, -0.1) is 0 Å². The number of hydrogen-bond acceptors (Lipinski definition) is 0. The van der Waals surface area contributed by atoms with Crippen molar-refractivity contribution in [3.63, 3.8) is 0 Å². The van der Waals surface area contributed by atoms with Gasteiger partial charge in [-0.3, -0.25) is 0 Å². The summed E-state index contributed by atoms with van der Waals surface area (Å²) in [6, 6.07) is 0. The lowest BCUT2D eigenvalue weighted by Crippen LogP contribution is -1.73. The van der Waals surface area contributed by atoms with Crippen molar-refractivity contribution in [3.8, 4) is 0 Å². The minimum Gasteiger partial charge on any atom is -0.212 e. The van der Waals surface area contributed by atoms with Crippen molar-refractivity contribution in [2.24, 2.45) is 0 Å². The van der Waals surface area contributed by atoms with Crippen LogP contribution in [-0.4, -0.2) is 0 Å². The van der Waals surface area contributed by atoms with Crippen LogP contribution in [0, 0.1) is 0 Å². The molecule has 0 nitrogen and oxygen atoms in total. The van der Waals surface area contributed by atoms with Gasteiger partial charge in [0.15, 0.2) is 0 Å². The second-order valence-corrected chi connectivity index (χ2v) is 1.97. The molecule has 0 aliphatic rings. The van der Waals surface area contributed by atoms with Crippen LogP contribution in [0.2, 0.25) is 0 Å². The Morgan fingerprint density at radius 1 is 1.30 bits per heavy atom. The summed E-state index contributed by atoms with van der Waals surface area (Å²) in [5.74, 6) is -1.12. The maximum atomic E-state index is 12.5. The largest absolute Gasteiger partial charge is 0.212 e. The van der Waals surface area contributed by atoms with Crippen LogP contribution in [0.3, 0.4) is 0 Å². The van der Waals surface area contributed by atoms with E-state index in [0.29, 0.717) is 5.57 Å². The SMILES string of the molecule is C=C/C(C)=C(F)\C=C(/C)F. The summed E-state index contributed by atoms with van der Waals surface area (Å²) >= 11 is 0. The average Bonchev–Trinajstić information content (AvgIpc) is 1.85. The fourth-order valence-electron chi connectivity index (χ4n) is 0.386. The van der Waals surface area contributed by atoms with Gasteiger partial charge in [0, 0.05) is 6.08 Å². The van der Waals surface area contributed by atoms with Crippen LogP contribution in [0.5, 0.6) is 0 Å². The van der Waals surface area contributed by atoms with E-state index in [1.807, 2.05) is 0 Å². The van der Waals surface area contributed by atoms with Crippen LogP contribution in [0.1, 0.15) is 13.8 Å². The van der Waals surface area contributed by atoms with Crippen LogP contribution in [0.4, 0.5) is 8.78 Å². The summed E-state index contributed by atoms with van der Waals surface area (Å²) in [7, 11) is 0. The molecule has 2 heteroatoms. The van der Waals surface area contributed by atoms with Gasteiger partial charge in [-0.1, -0.05) is 12.7 Å². The third-order valence-corrected chi connectivity index (χ3v) is 1.01. The van der Waals surface area contributed by atoms with Crippen molar-refractivity contribution in [2.75, 3.05) is 0 Å². The van der Waals surface area contributed by atoms with E-state index in [1.165, 1.54) is 19.9 Å². The van der Waals surface area contributed by atoms with Gasteiger partial charge < -0.3 is 0 Å². The summed E-state index contributed by atoms with van der Waals surface area (Å²) in [6.07, 6.45) is 2.17. The molecular formula is C8H10F2. The first-order valence-corrected chi connectivity index (χ1v) is 2.90. The van der Waals surface area contributed by atoms with E-state index in [1.54, 1.807) is 0 Å². The predicted octanol–water partition coefficient (Wildman–Crippen LogP) is 3.29. The van der Waals surface area contributed by atoms with Crippen LogP contribution in [0.15, 0.2) is 36.0 Å². The molecule has 0 aromatic heterocycles. The van der Waals surface area contributed by atoms with Crippen molar-refractivity contribution in [1.82, 2.24) is 0 Å². The highest BCUT2D eigenvalue weighted by Crippen LogP contribution is 2.10. The average molecular weight is 144 g/mol. The first-order chi connectivity index (χ1) is 4.57. The molecule has 0 amide bonds. The second-order valence-electron chi connectivity index (χ2n) is 1.97. The van der Waals surface area contributed by atoms with Crippen LogP contribution in [0.25, 0.3) is 0 Å². The lowest BCUT2D eigenvalue weighted by Gasteiger charge is -1.90. The maximum absolute atomic E-state index is 12.5. The number of rotatable bonds is 2. The predicted molar refractivity (Wildman–Crippen MR) is 38.9 cm³/mol. The zero-order valence-corrected chi connectivity index (χ0v) is 6.12. The third-order valence-electron chi connectivity index (χ3n) is 1.01. The minimum absolute atomic E-state index is 0.344. The highest BCUT2D eigenvalue weighted by molar-refractivity contribution is 5.26. The van der Waals surface area contributed by atoms with E-state index in [0.717, 1.165) is 6.08 Å². The van der Waals surface area contributed by atoms with E-state index in [4.69, 9.17) is 0 Å². The standard InChI is InChI=1S/C8H10F2/c1-4-6(2)8(10)5-7(3)9/h4-5H,1H2,2-3H3/b7-5+,8-6+. The molecule has 0 aromatic carbocycles. The molecule has 0 unspecified atom stereocenters. The third kappa shape index (κ3) is 3.17. The first kappa shape index (κ1) is 9.08. The normalized spacial score (nSPS) is 14.6. The molecule has 0 saturated carbocycles. The minimum atomic E-state index is -0.574. The molecule has 10 heavy (non-hydrogen) atoms. The van der Waals surface area contributed by atoms with E-state index >= 15 is 0 Å². The molecule has 0 bridgehead atoms. The van der Waals surface area contributed by atoms with Gasteiger partial charge in [0.2, 0.25) is 0 Å². The molecule has 56 valence electrons. The van der Waals surface area contributed by atoms with Gasteiger partial charge >= 0.3 is 0 Å². The van der Waals surface area contributed by atoms with E-state index < -0.39 is 11.7 Å². The molecular weight excluding hydrogens is 134 g/mol. The Labute approximate surface area is 59.6 Å². The Bertz CT molecular complexity index is 183. The maximum Gasteiger partial charge on any atom is 0.128 e. The molecule has 0 fully saturated rings. The van der Waals surface area contributed by atoms with Crippen molar-refractivity contribution < 1.29 is 8.78 Å². The molecule has 0 aliphatic carbocycles. The zero-order chi connectivity index (χ0) is 8.15. The van der Waals surface area contributed by atoms with Crippen molar-refractivity contribution in [3.05, 3.63) is 36.0 Å². The Morgan fingerprint density at radius 2 is 1.80 bits per heavy atom. The first-order valence-electron chi connectivity index (χ1n) is 2.90. The number of hydrogen-bond donors (Lipinski definition) is 0. The molecule has 0 aliphatic heterocycles. The second kappa shape index (κ2) is 3.99. The lowest BCUT2D eigenvalue weighted by molar-refractivity contribution is 0.611. The number of halogens is 2. The summed E-state index contributed by atoms with van der Waals surface area (Å²) < 4.78 is 24.5. The summed E-state index contributed by atoms with van der Waals surface area (Å²) in [4.78, 5) is 0. The van der Waals surface area contributed by atoms with Gasteiger partial charge in [-0.05, 0) is 19.4 Å². The topological polar surface area (TPSA) is 0 Å². The van der Waals surface area contributed by atoms with Gasteiger partial charge in [-0.2, -0.15) is 0 Å². The van der Waals surface area contributed by atoms with Gasteiger partial charge in [0.1, 0.15) is 5.83 Å². The van der Waals surface area contributed by atoms with Crippen LogP contribution < -0.4 is 0 Å². The van der Waals surface area contributed by atoms with Gasteiger partial charge in [0.05, 0.1) is 5.83 Å². The monoisotopic (exact) mass is 144 g/mol. The summed E-state index contributed by atoms with van der Waals surface area (Å²) in [5, 5.41) is 0. The van der Waals surface area contributed by atoms with Crippen molar-refractivity contribution in [1.29, 1.82) is 0 Å². The van der Waals surface area contributed by atoms with E-state index in [9.17, 15) is 8.78 Å². The van der Waals surface area contributed by atoms with Crippen LogP contribution >= 0.6 is 0 Å². The fourth-order valence-corrected chi connectivity index (χ4v) is 0.386. The molecule has 0 radical (unpaired) electrons. The molecule has 0 heterocycles. The quantitative estimate of drug-likeness (QED) is 0.521. The molecule has 0 saturated heterocycles. The Morgan fingerprint density at radius 3 is 2.10 bits per heavy atom. The lowest BCUT2D eigenvalue weighted by atomic mass is 10.2. The van der Waals surface area contributed by atoms with Crippen molar-refractivity contribution >= 4 is 0 Å². The Balaban J connectivity index is 4.48. The van der Waals surface area contributed by atoms with Crippen molar-refractivity contribution in [2.45, 2.75) is 13.8 Å². The highest BCUT2D eigenvalue weighted by Gasteiger charge is 1.93. The summed E-state index contributed by atoms with van der Waals surface area (Å²) in [6.45, 7) is 6.06. The van der Waals surface area contributed by atoms with E-state index in [-0.39, 0.29) is 0 Å². The summed E-state index contributed by atoms with van der Waals surface area (Å²) in [5.41, 5.74) is 0.344. The van der Waals surface area contributed by atoms with Gasteiger partial charge in [-0.25, -0.2) is 8.78 Å². The zero-order valence-electron chi connectivity index (χ0n) is 6.12. The molecule has 0 rings (SSSR count). The highest BCUT2D eigenvalue weighted by atomic mass is 19.1. The Kier molecular flexibility index (Phi) is 3.62. The Hall–Kier alpha value is -0.920. The molecule has 0 atom stereocenters.